The number of rotatable bonds is 4. The summed E-state index contributed by atoms with van der Waals surface area (Å²) in [5.41, 5.74) is 6.63. The van der Waals surface area contributed by atoms with E-state index in [1.807, 2.05) is 12.1 Å². The largest absolute Gasteiger partial charge is 0.422 e. The van der Waals surface area contributed by atoms with Gasteiger partial charge in [0.25, 0.3) is 0 Å². The Bertz CT molecular complexity index is 688. The Hall–Kier alpha value is -2.34. The maximum absolute atomic E-state index is 12.0. The number of benzene rings is 1. The molecule has 2 N–H and O–H groups in total. The summed E-state index contributed by atoms with van der Waals surface area (Å²) in [6.45, 7) is 2.15. The smallest absolute Gasteiger partial charge is 0.353 e. The lowest BCUT2D eigenvalue weighted by Gasteiger charge is -2.17. The van der Waals surface area contributed by atoms with E-state index >= 15 is 0 Å². The fourth-order valence-electron chi connectivity index (χ4n) is 2.43. The van der Waals surface area contributed by atoms with Crippen LogP contribution in [0.5, 0.6) is 5.75 Å². The molecule has 0 spiro atoms. The maximum Gasteiger partial charge on any atom is 0.353 e. The second-order valence-electron chi connectivity index (χ2n) is 5.14. The highest BCUT2D eigenvalue weighted by molar-refractivity contribution is 7.12. The zero-order valence-corrected chi connectivity index (χ0v) is 12.8. The molecule has 1 amide bonds. The number of nitrogens with zero attached hydrogens (tertiary/aromatic N) is 1. The molecule has 1 saturated heterocycles. The first-order chi connectivity index (χ1) is 10.6. The van der Waals surface area contributed by atoms with Gasteiger partial charge >= 0.3 is 5.97 Å². The average molecular weight is 316 g/mol. The van der Waals surface area contributed by atoms with E-state index in [4.69, 9.17) is 10.5 Å². The van der Waals surface area contributed by atoms with Gasteiger partial charge in [-0.1, -0.05) is 0 Å². The van der Waals surface area contributed by atoms with E-state index in [1.165, 1.54) is 18.9 Å². The molecule has 22 heavy (non-hydrogen) atoms. The van der Waals surface area contributed by atoms with Crippen LogP contribution in [-0.2, 0) is 0 Å². The van der Waals surface area contributed by atoms with E-state index in [0.717, 1.165) is 30.1 Å². The Kier molecular flexibility index (Phi) is 4.11. The molecule has 1 aliphatic heterocycles. The summed E-state index contributed by atoms with van der Waals surface area (Å²) in [4.78, 5) is 25.7. The number of thiophene rings is 1. The van der Waals surface area contributed by atoms with E-state index in [0.29, 0.717) is 16.2 Å². The van der Waals surface area contributed by atoms with Crippen LogP contribution in [0, 0.1) is 0 Å². The van der Waals surface area contributed by atoms with Crippen molar-refractivity contribution in [3.63, 3.8) is 0 Å². The highest BCUT2D eigenvalue weighted by Gasteiger charge is 2.15. The van der Waals surface area contributed by atoms with Crippen LogP contribution in [-0.4, -0.2) is 25.0 Å². The topological polar surface area (TPSA) is 72.6 Å². The number of amides is 1. The summed E-state index contributed by atoms with van der Waals surface area (Å²) in [6.07, 6.45) is 2.44. The minimum absolute atomic E-state index is 0.321. The van der Waals surface area contributed by atoms with Crippen LogP contribution in [0.3, 0.4) is 0 Å². The molecule has 0 atom stereocenters. The molecule has 0 aliphatic carbocycles. The van der Waals surface area contributed by atoms with Crippen molar-refractivity contribution in [2.75, 3.05) is 18.0 Å². The number of hydrogen-bond donors (Lipinski definition) is 1. The summed E-state index contributed by atoms with van der Waals surface area (Å²) in [7, 11) is 0. The monoisotopic (exact) mass is 316 g/mol. The van der Waals surface area contributed by atoms with Crippen LogP contribution in [0.15, 0.2) is 35.7 Å². The number of ether oxygens (including phenoxy) is 1. The van der Waals surface area contributed by atoms with Crippen LogP contribution in [0.2, 0.25) is 0 Å². The van der Waals surface area contributed by atoms with Gasteiger partial charge in [-0.2, -0.15) is 0 Å². The minimum atomic E-state index is -0.551. The van der Waals surface area contributed by atoms with Crippen LogP contribution in [0.4, 0.5) is 5.69 Å². The Morgan fingerprint density at radius 1 is 1.14 bits per heavy atom. The van der Waals surface area contributed by atoms with E-state index in [1.54, 1.807) is 17.5 Å². The third kappa shape index (κ3) is 3.12. The van der Waals surface area contributed by atoms with Crippen molar-refractivity contribution in [2.24, 2.45) is 5.73 Å². The molecule has 1 fully saturated rings. The number of hydrogen-bond acceptors (Lipinski definition) is 5. The normalized spacial score (nSPS) is 14.1. The standard InChI is InChI=1S/C16H16N2O3S/c17-15(19)11-9-14(22-10-11)16(20)21-13-5-3-12(4-6-13)18-7-1-2-8-18/h3-6,9-10H,1-2,7-8H2,(H2,17,19). The first-order valence-corrected chi connectivity index (χ1v) is 7.97. The Morgan fingerprint density at radius 2 is 1.82 bits per heavy atom. The molecule has 6 heteroatoms. The first kappa shape index (κ1) is 14.6. The molecule has 3 rings (SSSR count). The maximum atomic E-state index is 12.0. The summed E-state index contributed by atoms with van der Waals surface area (Å²) >= 11 is 1.15. The van der Waals surface area contributed by atoms with Gasteiger partial charge in [0.05, 0.1) is 5.56 Å². The predicted molar refractivity (Wildman–Crippen MR) is 85.7 cm³/mol. The number of carbonyl (C=O) groups excluding carboxylic acids is 2. The molecule has 0 radical (unpaired) electrons. The lowest BCUT2D eigenvalue weighted by Crippen LogP contribution is -2.17. The molecule has 0 saturated carbocycles. The molecule has 2 aromatic rings. The van der Waals surface area contributed by atoms with Crippen LogP contribution in [0.25, 0.3) is 0 Å². The lowest BCUT2D eigenvalue weighted by atomic mass is 10.3. The Balaban J connectivity index is 1.66. The van der Waals surface area contributed by atoms with Gasteiger partial charge in [-0.05, 0) is 43.2 Å². The second-order valence-corrected chi connectivity index (χ2v) is 6.05. The van der Waals surface area contributed by atoms with Crippen molar-refractivity contribution in [1.29, 1.82) is 0 Å². The van der Waals surface area contributed by atoms with Gasteiger partial charge in [0.15, 0.2) is 0 Å². The summed E-state index contributed by atoms with van der Waals surface area (Å²) in [6, 6.07) is 8.94. The van der Waals surface area contributed by atoms with Gasteiger partial charge in [-0.3, -0.25) is 4.79 Å². The Morgan fingerprint density at radius 3 is 2.41 bits per heavy atom. The second kappa shape index (κ2) is 6.19. The molecular weight excluding hydrogens is 300 g/mol. The summed E-state index contributed by atoms with van der Waals surface area (Å²) < 4.78 is 5.31. The van der Waals surface area contributed by atoms with Gasteiger partial charge < -0.3 is 15.4 Å². The third-order valence-electron chi connectivity index (χ3n) is 3.60. The molecular formula is C16H16N2O3S. The van der Waals surface area contributed by atoms with Gasteiger partial charge in [-0.25, -0.2) is 4.79 Å². The van der Waals surface area contributed by atoms with E-state index in [-0.39, 0.29) is 0 Å². The molecule has 1 aromatic heterocycles. The van der Waals surface area contributed by atoms with E-state index < -0.39 is 11.9 Å². The van der Waals surface area contributed by atoms with Crippen molar-refractivity contribution in [3.05, 3.63) is 46.2 Å². The lowest BCUT2D eigenvalue weighted by molar-refractivity contribution is 0.0740. The number of esters is 1. The highest BCUT2D eigenvalue weighted by Crippen LogP contribution is 2.24. The van der Waals surface area contributed by atoms with Crippen molar-refractivity contribution in [3.8, 4) is 5.75 Å². The molecule has 1 aromatic carbocycles. The molecule has 2 heterocycles. The van der Waals surface area contributed by atoms with E-state index in [2.05, 4.69) is 4.90 Å². The zero-order chi connectivity index (χ0) is 15.5. The molecule has 5 nitrogen and oxygen atoms in total. The summed E-state index contributed by atoms with van der Waals surface area (Å²) in [5, 5.41) is 1.55. The highest BCUT2D eigenvalue weighted by atomic mass is 32.1. The SMILES string of the molecule is NC(=O)c1csc(C(=O)Oc2ccc(N3CCCC3)cc2)c1. The number of carbonyl (C=O) groups is 2. The zero-order valence-electron chi connectivity index (χ0n) is 12.0. The predicted octanol–water partition coefficient (Wildman–Crippen LogP) is 2.67. The number of anilines is 1. The van der Waals surface area contributed by atoms with Crippen LogP contribution < -0.4 is 15.4 Å². The van der Waals surface area contributed by atoms with E-state index in [9.17, 15) is 9.59 Å². The fraction of sp³-hybridized carbons (Fsp3) is 0.250. The third-order valence-corrected chi connectivity index (χ3v) is 4.51. The summed E-state index contributed by atoms with van der Waals surface area (Å²) in [5.74, 6) is -0.543. The first-order valence-electron chi connectivity index (χ1n) is 7.09. The Labute approximate surface area is 132 Å². The van der Waals surface area contributed by atoms with Gasteiger partial charge in [0, 0.05) is 24.2 Å². The number of nitrogens with two attached hydrogens (primary N) is 1. The quantitative estimate of drug-likeness (QED) is 0.695. The fourth-order valence-corrected chi connectivity index (χ4v) is 3.20. The molecule has 114 valence electrons. The average Bonchev–Trinajstić information content (AvgIpc) is 3.20. The van der Waals surface area contributed by atoms with Crippen molar-refractivity contribution in [2.45, 2.75) is 12.8 Å². The molecule has 1 aliphatic rings. The van der Waals surface area contributed by atoms with Crippen molar-refractivity contribution < 1.29 is 14.3 Å². The minimum Gasteiger partial charge on any atom is -0.422 e. The van der Waals surface area contributed by atoms with Gasteiger partial charge in [0.1, 0.15) is 10.6 Å². The molecule has 0 bridgehead atoms. The van der Waals surface area contributed by atoms with Crippen LogP contribution in [0.1, 0.15) is 32.9 Å². The van der Waals surface area contributed by atoms with Crippen LogP contribution >= 0.6 is 11.3 Å². The van der Waals surface area contributed by atoms with Gasteiger partial charge in [-0.15, -0.1) is 11.3 Å². The van der Waals surface area contributed by atoms with Crippen molar-refractivity contribution >= 4 is 28.9 Å². The number of primary amides is 1. The van der Waals surface area contributed by atoms with Gasteiger partial charge in [0.2, 0.25) is 5.91 Å². The van der Waals surface area contributed by atoms with Crippen molar-refractivity contribution in [1.82, 2.24) is 0 Å². The molecule has 0 unspecified atom stereocenters.